The van der Waals surface area contributed by atoms with Gasteiger partial charge in [-0.1, -0.05) is 71.9 Å². The number of hydrogen-bond acceptors (Lipinski definition) is 4. The van der Waals surface area contributed by atoms with Gasteiger partial charge in [0.15, 0.2) is 5.16 Å². The average molecular weight is 445 g/mol. The molecule has 0 fully saturated rings. The van der Waals surface area contributed by atoms with Crippen LogP contribution in [-0.2, 0) is 18.6 Å². The van der Waals surface area contributed by atoms with Gasteiger partial charge < -0.3 is 5.11 Å². The Bertz CT molecular complexity index is 978. The van der Waals surface area contributed by atoms with Crippen molar-refractivity contribution in [1.82, 2.24) is 9.55 Å². The molecule has 0 aliphatic carbocycles. The maximum atomic E-state index is 12.8. The standard InChI is InChI=1S/C21H21BrN2O2S/c1-3-15-6-5-7-16(4-2)20(15)24-19(26)12-18(25)23-21(24)27-13-14-8-10-17(22)11-9-14/h5-12,25H,3-4,13H2,1-2H3. The van der Waals surface area contributed by atoms with Crippen molar-refractivity contribution in [3.63, 3.8) is 0 Å². The highest BCUT2D eigenvalue weighted by Crippen LogP contribution is 2.28. The zero-order chi connectivity index (χ0) is 19.4. The fourth-order valence-electron chi connectivity index (χ4n) is 2.98. The van der Waals surface area contributed by atoms with E-state index in [9.17, 15) is 9.90 Å². The van der Waals surface area contributed by atoms with Gasteiger partial charge in [0, 0.05) is 10.2 Å². The Morgan fingerprint density at radius 1 is 1.07 bits per heavy atom. The van der Waals surface area contributed by atoms with Crippen LogP contribution in [0, 0.1) is 0 Å². The van der Waals surface area contributed by atoms with E-state index in [2.05, 4.69) is 34.8 Å². The minimum Gasteiger partial charge on any atom is -0.493 e. The smallest absolute Gasteiger partial charge is 0.262 e. The summed E-state index contributed by atoms with van der Waals surface area (Å²) in [6.07, 6.45) is 1.63. The van der Waals surface area contributed by atoms with E-state index in [1.807, 2.05) is 42.5 Å². The molecule has 3 aromatic rings. The summed E-state index contributed by atoms with van der Waals surface area (Å²) in [6.45, 7) is 4.15. The van der Waals surface area contributed by atoms with Crippen LogP contribution < -0.4 is 5.56 Å². The summed E-state index contributed by atoms with van der Waals surface area (Å²) in [7, 11) is 0. The summed E-state index contributed by atoms with van der Waals surface area (Å²) >= 11 is 4.88. The fourth-order valence-corrected chi connectivity index (χ4v) is 4.20. The molecule has 0 aliphatic heterocycles. The lowest BCUT2D eigenvalue weighted by atomic mass is 10.0. The molecule has 27 heavy (non-hydrogen) atoms. The molecule has 1 N–H and O–H groups in total. The second-order valence-corrected chi connectivity index (χ2v) is 7.98. The third-order valence-corrected chi connectivity index (χ3v) is 5.88. The first kappa shape index (κ1) is 19.7. The van der Waals surface area contributed by atoms with Gasteiger partial charge in [0.2, 0.25) is 5.88 Å². The Hall–Kier alpha value is -2.05. The average Bonchev–Trinajstić information content (AvgIpc) is 2.66. The van der Waals surface area contributed by atoms with Gasteiger partial charge in [-0.25, -0.2) is 0 Å². The van der Waals surface area contributed by atoms with Crippen molar-refractivity contribution >= 4 is 27.7 Å². The van der Waals surface area contributed by atoms with Gasteiger partial charge in [-0.3, -0.25) is 9.36 Å². The second kappa shape index (κ2) is 8.76. The Morgan fingerprint density at radius 3 is 2.30 bits per heavy atom. The molecule has 140 valence electrons. The van der Waals surface area contributed by atoms with Gasteiger partial charge in [0.05, 0.1) is 11.8 Å². The first-order chi connectivity index (χ1) is 13.0. The normalized spacial score (nSPS) is 10.9. The molecule has 0 bridgehead atoms. The van der Waals surface area contributed by atoms with Crippen molar-refractivity contribution in [2.75, 3.05) is 0 Å². The zero-order valence-electron chi connectivity index (χ0n) is 15.3. The molecule has 4 nitrogen and oxygen atoms in total. The van der Waals surface area contributed by atoms with Gasteiger partial charge in [-0.2, -0.15) is 4.98 Å². The molecule has 0 radical (unpaired) electrons. The second-order valence-electron chi connectivity index (χ2n) is 6.12. The van der Waals surface area contributed by atoms with Crippen LogP contribution in [0.5, 0.6) is 5.88 Å². The SMILES string of the molecule is CCc1cccc(CC)c1-n1c(SCc2ccc(Br)cc2)nc(O)cc1=O. The monoisotopic (exact) mass is 444 g/mol. The Morgan fingerprint density at radius 2 is 1.70 bits per heavy atom. The number of nitrogens with zero attached hydrogens (tertiary/aromatic N) is 2. The largest absolute Gasteiger partial charge is 0.493 e. The molecule has 1 aromatic heterocycles. The Labute approximate surface area is 171 Å². The van der Waals surface area contributed by atoms with E-state index in [0.717, 1.165) is 39.7 Å². The highest BCUT2D eigenvalue weighted by Gasteiger charge is 2.16. The third kappa shape index (κ3) is 4.45. The molecule has 3 rings (SSSR count). The van der Waals surface area contributed by atoms with Gasteiger partial charge in [-0.05, 0) is 41.7 Å². The molecule has 2 aromatic carbocycles. The molecule has 0 saturated carbocycles. The van der Waals surface area contributed by atoms with Crippen LogP contribution in [0.4, 0.5) is 0 Å². The molecule has 0 spiro atoms. The molecule has 0 aliphatic rings. The predicted molar refractivity (Wildman–Crippen MR) is 114 cm³/mol. The van der Waals surface area contributed by atoms with Crippen molar-refractivity contribution in [1.29, 1.82) is 0 Å². The molecule has 0 saturated heterocycles. The quantitative estimate of drug-likeness (QED) is 0.423. The molecule has 0 amide bonds. The lowest BCUT2D eigenvalue weighted by molar-refractivity contribution is 0.440. The minimum absolute atomic E-state index is 0.249. The predicted octanol–water partition coefficient (Wildman–Crippen LogP) is 5.12. The number of aromatic nitrogens is 2. The number of halogens is 1. The zero-order valence-corrected chi connectivity index (χ0v) is 17.7. The van der Waals surface area contributed by atoms with Gasteiger partial charge in [0.1, 0.15) is 0 Å². The van der Waals surface area contributed by atoms with E-state index >= 15 is 0 Å². The molecule has 0 unspecified atom stereocenters. The summed E-state index contributed by atoms with van der Waals surface area (Å²) in [4.78, 5) is 17.1. The summed E-state index contributed by atoms with van der Waals surface area (Å²) in [5, 5.41) is 10.4. The molecule has 1 heterocycles. The van der Waals surface area contributed by atoms with Crippen molar-refractivity contribution < 1.29 is 5.11 Å². The van der Waals surface area contributed by atoms with Crippen LogP contribution in [0.2, 0.25) is 0 Å². The number of aromatic hydroxyl groups is 1. The number of rotatable bonds is 6. The van der Waals surface area contributed by atoms with Crippen LogP contribution in [0.1, 0.15) is 30.5 Å². The van der Waals surface area contributed by atoms with E-state index in [0.29, 0.717) is 10.9 Å². The highest BCUT2D eigenvalue weighted by atomic mass is 79.9. The minimum atomic E-state index is -0.267. The van der Waals surface area contributed by atoms with Crippen molar-refractivity contribution in [3.8, 4) is 11.6 Å². The van der Waals surface area contributed by atoms with Crippen molar-refractivity contribution in [2.45, 2.75) is 37.6 Å². The van der Waals surface area contributed by atoms with Gasteiger partial charge >= 0.3 is 0 Å². The number of benzene rings is 2. The maximum absolute atomic E-state index is 12.8. The summed E-state index contributed by atoms with van der Waals surface area (Å²) in [5.74, 6) is 0.403. The Kier molecular flexibility index (Phi) is 6.39. The van der Waals surface area contributed by atoms with E-state index in [4.69, 9.17) is 0 Å². The molecule has 0 atom stereocenters. The van der Waals surface area contributed by atoms with Crippen LogP contribution in [0.25, 0.3) is 5.69 Å². The fraction of sp³-hybridized carbons (Fsp3) is 0.238. The summed E-state index contributed by atoms with van der Waals surface area (Å²) < 4.78 is 2.66. The van der Waals surface area contributed by atoms with Crippen LogP contribution >= 0.6 is 27.7 Å². The van der Waals surface area contributed by atoms with Crippen LogP contribution in [0.3, 0.4) is 0 Å². The molecular formula is C21H21BrN2O2S. The maximum Gasteiger partial charge on any atom is 0.262 e. The number of aryl methyl sites for hydroxylation is 2. The van der Waals surface area contributed by atoms with Crippen LogP contribution in [0.15, 0.2) is 63.0 Å². The van der Waals surface area contributed by atoms with Crippen molar-refractivity contribution in [3.05, 3.63) is 80.0 Å². The Balaban J connectivity index is 2.09. The molecular weight excluding hydrogens is 424 g/mol. The first-order valence-electron chi connectivity index (χ1n) is 8.85. The van der Waals surface area contributed by atoms with Gasteiger partial charge in [0.25, 0.3) is 5.56 Å². The summed E-state index contributed by atoms with van der Waals surface area (Å²) in [5.41, 5.74) is 3.92. The number of para-hydroxylation sites is 1. The van der Waals surface area contributed by atoms with Crippen LogP contribution in [-0.4, -0.2) is 14.7 Å². The number of thioether (sulfide) groups is 1. The topological polar surface area (TPSA) is 55.1 Å². The lowest BCUT2D eigenvalue weighted by Gasteiger charge is -2.18. The number of hydrogen-bond donors (Lipinski definition) is 1. The molecule has 6 heteroatoms. The van der Waals surface area contributed by atoms with Crippen molar-refractivity contribution in [2.24, 2.45) is 0 Å². The third-order valence-electron chi connectivity index (χ3n) is 4.34. The highest BCUT2D eigenvalue weighted by molar-refractivity contribution is 9.10. The van der Waals surface area contributed by atoms with Gasteiger partial charge in [-0.15, -0.1) is 0 Å². The van der Waals surface area contributed by atoms with E-state index < -0.39 is 0 Å². The van der Waals surface area contributed by atoms with E-state index in [1.165, 1.54) is 17.8 Å². The van der Waals surface area contributed by atoms with E-state index in [-0.39, 0.29) is 11.4 Å². The first-order valence-corrected chi connectivity index (χ1v) is 10.6. The lowest BCUT2D eigenvalue weighted by Crippen LogP contribution is -2.22. The van der Waals surface area contributed by atoms with E-state index in [1.54, 1.807) is 4.57 Å². The summed E-state index contributed by atoms with van der Waals surface area (Å²) in [6, 6.07) is 15.3.